The molecule has 1 rings (SSSR count). The van der Waals surface area contributed by atoms with Crippen LogP contribution in [-0.2, 0) is 4.74 Å². The van der Waals surface area contributed by atoms with Crippen molar-refractivity contribution in [2.24, 2.45) is 5.41 Å². The van der Waals surface area contributed by atoms with Crippen molar-refractivity contribution in [3.05, 3.63) is 0 Å². The van der Waals surface area contributed by atoms with Gasteiger partial charge in [0.15, 0.2) is 0 Å². The van der Waals surface area contributed by atoms with E-state index >= 15 is 0 Å². The number of aliphatic hydroxyl groups is 1. The van der Waals surface area contributed by atoms with Gasteiger partial charge in [0, 0.05) is 18.6 Å². The number of carbonyl (C=O) groups excluding carboxylic acids is 1. The van der Waals surface area contributed by atoms with Crippen LogP contribution >= 0.6 is 0 Å². The van der Waals surface area contributed by atoms with Crippen LogP contribution < -0.4 is 10.6 Å². The Morgan fingerprint density at radius 1 is 1.42 bits per heavy atom. The maximum absolute atomic E-state index is 11.9. The first-order valence-corrected chi connectivity index (χ1v) is 7.28. The van der Waals surface area contributed by atoms with E-state index in [2.05, 4.69) is 24.5 Å². The number of aliphatic hydroxyl groups excluding tert-OH is 1. The van der Waals surface area contributed by atoms with E-state index in [1.807, 2.05) is 6.92 Å². The fourth-order valence-corrected chi connectivity index (χ4v) is 3.14. The predicted molar refractivity (Wildman–Crippen MR) is 75.0 cm³/mol. The van der Waals surface area contributed by atoms with Gasteiger partial charge in [-0.3, -0.25) is 0 Å². The van der Waals surface area contributed by atoms with Gasteiger partial charge in [-0.2, -0.15) is 0 Å². The number of rotatable bonds is 7. The number of urea groups is 1. The number of hydrogen-bond donors (Lipinski definition) is 3. The summed E-state index contributed by atoms with van der Waals surface area (Å²) in [6.07, 6.45) is 3.80. The Hall–Kier alpha value is -0.810. The summed E-state index contributed by atoms with van der Waals surface area (Å²) in [6.45, 7) is 6.20. The molecule has 112 valence electrons. The van der Waals surface area contributed by atoms with Crippen LogP contribution in [-0.4, -0.2) is 43.0 Å². The van der Waals surface area contributed by atoms with Gasteiger partial charge in [0.1, 0.15) is 0 Å². The van der Waals surface area contributed by atoms with Gasteiger partial charge in [-0.15, -0.1) is 0 Å². The van der Waals surface area contributed by atoms with Gasteiger partial charge in [-0.1, -0.05) is 20.8 Å². The van der Waals surface area contributed by atoms with Crippen LogP contribution in [0.2, 0.25) is 0 Å². The standard InChI is InChI=1S/C14H28N2O3/c1-5-10(9-17)15-13(18)16-11-8-12(19-4)14(11,6-2)7-3/h10-12,17H,5-9H2,1-4H3,(H2,15,16,18). The Morgan fingerprint density at radius 2 is 2.05 bits per heavy atom. The van der Waals surface area contributed by atoms with Gasteiger partial charge in [0.05, 0.1) is 18.8 Å². The average molecular weight is 272 g/mol. The monoisotopic (exact) mass is 272 g/mol. The smallest absolute Gasteiger partial charge is 0.315 e. The molecule has 19 heavy (non-hydrogen) atoms. The molecule has 1 aliphatic rings. The molecule has 0 saturated heterocycles. The number of carbonyl (C=O) groups is 1. The third-order valence-corrected chi connectivity index (χ3v) is 4.74. The zero-order valence-corrected chi connectivity index (χ0v) is 12.5. The van der Waals surface area contributed by atoms with E-state index in [0.29, 0.717) is 0 Å². The highest BCUT2D eigenvalue weighted by Gasteiger charge is 2.53. The van der Waals surface area contributed by atoms with Crippen LogP contribution in [0, 0.1) is 5.41 Å². The summed E-state index contributed by atoms with van der Waals surface area (Å²) in [5, 5.41) is 14.9. The molecule has 3 unspecified atom stereocenters. The maximum atomic E-state index is 11.9. The van der Waals surface area contributed by atoms with Crippen molar-refractivity contribution in [2.45, 2.75) is 64.6 Å². The highest BCUT2D eigenvalue weighted by molar-refractivity contribution is 5.74. The van der Waals surface area contributed by atoms with Gasteiger partial charge in [-0.05, 0) is 25.7 Å². The average Bonchev–Trinajstić information content (AvgIpc) is 2.41. The van der Waals surface area contributed by atoms with E-state index in [-0.39, 0.29) is 36.2 Å². The topological polar surface area (TPSA) is 70.6 Å². The van der Waals surface area contributed by atoms with Gasteiger partial charge in [0.25, 0.3) is 0 Å². The molecule has 1 aliphatic carbocycles. The first-order valence-electron chi connectivity index (χ1n) is 7.28. The Bertz CT molecular complexity index is 288. The van der Waals surface area contributed by atoms with Crippen molar-refractivity contribution < 1.29 is 14.6 Å². The van der Waals surface area contributed by atoms with Crippen molar-refractivity contribution in [3.8, 4) is 0 Å². The predicted octanol–water partition coefficient (Wildman–Crippen LogP) is 1.65. The van der Waals surface area contributed by atoms with E-state index in [1.54, 1.807) is 7.11 Å². The number of ether oxygens (including phenoxy) is 1. The first-order chi connectivity index (χ1) is 9.07. The van der Waals surface area contributed by atoms with E-state index in [4.69, 9.17) is 9.84 Å². The molecule has 0 aliphatic heterocycles. The van der Waals surface area contributed by atoms with Crippen LogP contribution in [0.4, 0.5) is 4.79 Å². The fourth-order valence-electron chi connectivity index (χ4n) is 3.14. The molecule has 2 amide bonds. The second kappa shape index (κ2) is 7.10. The van der Waals surface area contributed by atoms with E-state index < -0.39 is 0 Å². The Kier molecular flexibility index (Phi) is 6.07. The summed E-state index contributed by atoms with van der Waals surface area (Å²) in [6, 6.07) is -0.202. The summed E-state index contributed by atoms with van der Waals surface area (Å²) in [5.41, 5.74) is 0.0486. The molecule has 0 heterocycles. The Labute approximate surface area is 116 Å². The maximum Gasteiger partial charge on any atom is 0.315 e. The fraction of sp³-hybridized carbons (Fsp3) is 0.929. The molecule has 3 atom stereocenters. The molecule has 0 aromatic carbocycles. The lowest BCUT2D eigenvalue weighted by molar-refractivity contribution is -0.120. The number of amides is 2. The highest BCUT2D eigenvalue weighted by atomic mass is 16.5. The Morgan fingerprint density at radius 3 is 2.47 bits per heavy atom. The summed E-state index contributed by atoms with van der Waals surface area (Å²) in [4.78, 5) is 11.9. The largest absolute Gasteiger partial charge is 0.394 e. The minimum Gasteiger partial charge on any atom is -0.394 e. The van der Waals surface area contributed by atoms with E-state index in [1.165, 1.54) is 0 Å². The lowest BCUT2D eigenvalue weighted by Gasteiger charge is -2.55. The molecule has 3 N–H and O–H groups in total. The molecule has 0 aromatic rings. The molecular formula is C14H28N2O3. The summed E-state index contributed by atoms with van der Waals surface area (Å²) in [5.74, 6) is 0. The minimum atomic E-state index is -0.188. The molecule has 0 spiro atoms. The lowest BCUT2D eigenvalue weighted by atomic mass is 9.58. The molecule has 1 fully saturated rings. The van der Waals surface area contributed by atoms with Crippen LogP contribution in [0.1, 0.15) is 46.5 Å². The molecule has 1 saturated carbocycles. The van der Waals surface area contributed by atoms with Crippen LogP contribution in [0.5, 0.6) is 0 Å². The molecular weight excluding hydrogens is 244 g/mol. The van der Waals surface area contributed by atoms with E-state index in [9.17, 15) is 4.79 Å². The third-order valence-electron chi connectivity index (χ3n) is 4.74. The van der Waals surface area contributed by atoms with Gasteiger partial charge in [0.2, 0.25) is 0 Å². The quantitative estimate of drug-likeness (QED) is 0.660. The van der Waals surface area contributed by atoms with Crippen LogP contribution in [0.15, 0.2) is 0 Å². The molecule has 5 nitrogen and oxygen atoms in total. The van der Waals surface area contributed by atoms with Crippen LogP contribution in [0.3, 0.4) is 0 Å². The number of hydrogen-bond acceptors (Lipinski definition) is 3. The molecule has 0 aromatic heterocycles. The second-order valence-electron chi connectivity index (χ2n) is 5.36. The third kappa shape index (κ3) is 3.20. The van der Waals surface area contributed by atoms with Crippen LogP contribution in [0.25, 0.3) is 0 Å². The Balaban J connectivity index is 2.55. The summed E-state index contributed by atoms with van der Waals surface area (Å²) in [7, 11) is 1.74. The number of methoxy groups -OCH3 is 1. The number of nitrogens with one attached hydrogen (secondary N) is 2. The van der Waals surface area contributed by atoms with E-state index in [0.717, 1.165) is 25.7 Å². The first kappa shape index (κ1) is 16.2. The van der Waals surface area contributed by atoms with Gasteiger partial charge >= 0.3 is 6.03 Å². The SMILES string of the molecule is CCC(CO)NC(=O)NC1CC(OC)C1(CC)CC. The molecule has 0 radical (unpaired) electrons. The van der Waals surface area contributed by atoms with Crippen molar-refractivity contribution in [3.63, 3.8) is 0 Å². The minimum absolute atomic E-state index is 0.0258. The highest BCUT2D eigenvalue weighted by Crippen LogP contribution is 2.48. The van der Waals surface area contributed by atoms with Gasteiger partial charge in [-0.25, -0.2) is 4.79 Å². The second-order valence-corrected chi connectivity index (χ2v) is 5.36. The van der Waals surface area contributed by atoms with Crippen molar-refractivity contribution in [1.29, 1.82) is 0 Å². The van der Waals surface area contributed by atoms with Crippen molar-refractivity contribution in [1.82, 2.24) is 10.6 Å². The zero-order valence-electron chi connectivity index (χ0n) is 12.5. The van der Waals surface area contributed by atoms with Crippen molar-refractivity contribution >= 4 is 6.03 Å². The zero-order chi connectivity index (χ0) is 14.5. The lowest BCUT2D eigenvalue weighted by Crippen LogP contribution is -2.65. The summed E-state index contributed by atoms with van der Waals surface area (Å²) >= 11 is 0. The van der Waals surface area contributed by atoms with Gasteiger partial charge < -0.3 is 20.5 Å². The van der Waals surface area contributed by atoms with Crippen molar-refractivity contribution in [2.75, 3.05) is 13.7 Å². The summed E-state index contributed by atoms with van der Waals surface area (Å²) < 4.78 is 5.51. The molecule has 5 heteroatoms. The normalized spacial score (nSPS) is 26.4. The molecule has 0 bridgehead atoms.